The summed E-state index contributed by atoms with van der Waals surface area (Å²) >= 11 is 6.33. The predicted octanol–water partition coefficient (Wildman–Crippen LogP) is 3.57. The maximum absolute atomic E-state index is 12.2. The number of carbonyl (C=O) groups is 2. The van der Waals surface area contributed by atoms with E-state index < -0.39 is 36.7 Å². The van der Waals surface area contributed by atoms with Crippen molar-refractivity contribution in [1.29, 1.82) is 0 Å². The monoisotopic (exact) mass is 564 g/mol. The number of fused-ring (bicyclic) bond motifs is 1. The quantitative estimate of drug-likeness (QED) is 0.120. The van der Waals surface area contributed by atoms with Crippen molar-refractivity contribution in [3.05, 3.63) is 83.4 Å². The van der Waals surface area contributed by atoms with Gasteiger partial charge in [-0.2, -0.15) is 9.97 Å². The largest absolute Gasteiger partial charge is 0.456 e. The van der Waals surface area contributed by atoms with Crippen LogP contribution in [0.25, 0.3) is 11.2 Å². The number of rotatable bonds is 9. The minimum atomic E-state index is -0.899. The molecule has 4 aromatic rings. The van der Waals surface area contributed by atoms with Crippen molar-refractivity contribution in [2.45, 2.75) is 43.9 Å². The lowest BCUT2D eigenvalue weighted by atomic mass is 9.91. The van der Waals surface area contributed by atoms with Crippen LogP contribution in [0.2, 0.25) is 5.28 Å². The molecule has 1 aliphatic carbocycles. The first-order chi connectivity index (χ1) is 19.3. The molecule has 1 fully saturated rings. The third-order valence-corrected chi connectivity index (χ3v) is 7.27. The molecule has 0 saturated heterocycles. The summed E-state index contributed by atoms with van der Waals surface area (Å²) < 4.78 is 6.37. The molecular formula is C28H29ClN6O5. The third-order valence-electron chi connectivity index (χ3n) is 7.10. The maximum Gasteiger partial charge on any atom is 0.303 e. The van der Waals surface area contributed by atoms with E-state index in [-0.39, 0.29) is 24.0 Å². The summed E-state index contributed by atoms with van der Waals surface area (Å²) in [6.07, 6.45) is 0.991. The Morgan fingerprint density at radius 2 is 1.75 bits per heavy atom. The van der Waals surface area contributed by atoms with Crippen molar-refractivity contribution in [3.8, 4) is 0 Å². The number of aliphatic hydroxyl groups excluding tert-OH is 1. The Morgan fingerprint density at radius 3 is 2.38 bits per heavy atom. The highest BCUT2D eigenvalue weighted by atomic mass is 35.5. The fourth-order valence-corrected chi connectivity index (χ4v) is 5.32. The van der Waals surface area contributed by atoms with Gasteiger partial charge in [0.15, 0.2) is 23.6 Å². The summed E-state index contributed by atoms with van der Waals surface area (Å²) in [5.41, 5.74) is 3.17. The standard InChI is InChI=1S/C28H29ClN6O5/c1-17(36)40-15-24(38)35(39)20-12-22(23(37)13-20)34-16-31-25-26(32-28(29)33-27(25)34)30-14-21(18-8-4-2-5-9-18)19-10-6-3-7-11-19/h2-11,16,20-23,37,39H,12-15H2,1H3,(H,30,32,33)/t20?,22-,23+/m1/s1. The van der Waals surface area contributed by atoms with Gasteiger partial charge in [0.2, 0.25) is 5.28 Å². The lowest BCUT2D eigenvalue weighted by molar-refractivity contribution is -0.182. The Hall–Kier alpha value is -4.06. The fourth-order valence-electron chi connectivity index (χ4n) is 5.15. The number of amides is 1. The van der Waals surface area contributed by atoms with Crippen LogP contribution < -0.4 is 5.32 Å². The molecule has 208 valence electrons. The van der Waals surface area contributed by atoms with Crippen LogP contribution in [0.15, 0.2) is 67.0 Å². The summed E-state index contributed by atoms with van der Waals surface area (Å²) in [5, 5.41) is 25.1. The SMILES string of the molecule is CC(=O)OCC(=O)N(O)C1C[C@@H](n2cnc3c(NCC(c4ccccc4)c4ccccc4)nc(Cl)nc32)[C@@H](O)C1. The second-order valence-electron chi connectivity index (χ2n) is 9.70. The van der Waals surface area contributed by atoms with Gasteiger partial charge in [-0.15, -0.1) is 0 Å². The molecule has 1 amide bonds. The molecule has 11 nitrogen and oxygen atoms in total. The highest BCUT2D eigenvalue weighted by Gasteiger charge is 2.40. The Labute approximate surface area is 235 Å². The number of benzene rings is 2. The second kappa shape index (κ2) is 12.0. The molecule has 12 heteroatoms. The number of aromatic nitrogens is 4. The average molecular weight is 565 g/mol. The minimum Gasteiger partial charge on any atom is -0.456 e. The highest BCUT2D eigenvalue weighted by molar-refractivity contribution is 6.28. The molecule has 3 atom stereocenters. The lowest BCUT2D eigenvalue weighted by Gasteiger charge is -2.22. The number of ether oxygens (including phenoxy) is 1. The topological polar surface area (TPSA) is 143 Å². The van der Waals surface area contributed by atoms with E-state index in [0.29, 0.717) is 28.6 Å². The Morgan fingerprint density at radius 1 is 1.10 bits per heavy atom. The molecule has 0 spiro atoms. The molecule has 3 N–H and O–H groups in total. The molecule has 2 aromatic heterocycles. The van der Waals surface area contributed by atoms with Crippen molar-refractivity contribution in [3.63, 3.8) is 0 Å². The van der Waals surface area contributed by atoms with Crippen LogP contribution in [0, 0.1) is 0 Å². The van der Waals surface area contributed by atoms with Crippen LogP contribution in [0.3, 0.4) is 0 Å². The van der Waals surface area contributed by atoms with E-state index >= 15 is 0 Å². The molecule has 2 heterocycles. The summed E-state index contributed by atoms with van der Waals surface area (Å²) in [5.74, 6) is -0.914. The van der Waals surface area contributed by atoms with E-state index in [1.807, 2.05) is 36.4 Å². The van der Waals surface area contributed by atoms with E-state index in [1.54, 1.807) is 10.9 Å². The van der Waals surface area contributed by atoms with Gasteiger partial charge in [0.05, 0.1) is 24.5 Å². The molecule has 1 unspecified atom stereocenters. The Bertz CT molecular complexity index is 1450. The van der Waals surface area contributed by atoms with Crippen LogP contribution in [-0.4, -0.2) is 72.1 Å². The average Bonchev–Trinajstić information content (AvgIpc) is 3.55. The van der Waals surface area contributed by atoms with Crippen molar-refractivity contribution in [1.82, 2.24) is 24.6 Å². The zero-order valence-electron chi connectivity index (χ0n) is 21.7. The van der Waals surface area contributed by atoms with Gasteiger partial charge in [-0.1, -0.05) is 60.7 Å². The van der Waals surface area contributed by atoms with Crippen LogP contribution in [0.5, 0.6) is 0 Å². The highest BCUT2D eigenvalue weighted by Crippen LogP contribution is 2.36. The number of carbonyl (C=O) groups excluding carboxylic acids is 2. The first kappa shape index (κ1) is 27.5. The number of hydroxylamine groups is 2. The van der Waals surface area contributed by atoms with E-state index in [9.17, 15) is 19.9 Å². The number of nitrogens with zero attached hydrogens (tertiary/aromatic N) is 5. The van der Waals surface area contributed by atoms with Crippen LogP contribution in [0.1, 0.15) is 42.9 Å². The molecule has 1 saturated carbocycles. The predicted molar refractivity (Wildman–Crippen MR) is 147 cm³/mol. The zero-order valence-corrected chi connectivity index (χ0v) is 22.5. The first-order valence-corrected chi connectivity index (χ1v) is 13.3. The van der Waals surface area contributed by atoms with Gasteiger partial charge in [-0.3, -0.25) is 14.8 Å². The van der Waals surface area contributed by atoms with Gasteiger partial charge < -0.3 is 19.7 Å². The number of aliphatic hydroxyl groups is 1. The number of halogens is 1. The molecule has 40 heavy (non-hydrogen) atoms. The lowest BCUT2D eigenvalue weighted by Crippen LogP contribution is -2.39. The summed E-state index contributed by atoms with van der Waals surface area (Å²) in [4.78, 5) is 36.5. The molecule has 0 aliphatic heterocycles. The van der Waals surface area contributed by atoms with Gasteiger partial charge in [-0.05, 0) is 35.6 Å². The second-order valence-corrected chi connectivity index (χ2v) is 10.0. The van der Waals surface area contributed by atoms with Crippen molar-refractivity contribution >= 4 is 40.5 Å². The van der Waals surface area contributed by atoms with E-state index in [0.717, 1.165) is 11.1 Å². The van der Waals surface area contributed by atoms with Gasteiger partial charge in [0.1, 0.15) is 0 Å². The van der Waals surface area contributed by atoms with Crippen molar-refractivity contribution < 1.29 is 24.6 Å². The summed E-state index contributed by atoms with van der Waals surface area (Å²) in [6, 6.07) is 19.1. The van der Waals surface area contributed by atoms with Crippen LogP contribution in [-0.2, 0) is 14.3 Å². The number of hydrogen-bond donors (Lipinski definition) is 3. The Kier molecular flexibility index (Phi) is 8.24. The molecule has 0 bridgehead atoms. The van der Waals surface area contributed by atoms with Gasteiger partial charge in [-0.25, -0.2) is 10.0 Å². The number of hydrogen-bond acceptors (Lipinski definition) is 9. The van der Waals surface area contributed by atoms with Crippen LogP contribution >= 0.6 is 11.6 Å². The number of imidazole rings is 1. The number of esters is 1. The van der Waals surface area contributed by atoms with E-state index in [4.69, 9.17) is 11.6 Å². The fraction of sp³-hybridized carbons (Fsp3) is 0.321. The summed E-state index contributed by atoms with van der Waals surface area (Å²) in [6.45, 7) is 1.11. The minimum absolute atomic E-state index is 0.0112. The maximum atomic E-state index is 12.2. The normalized spacial score (nSPS) is 18.7. The van der Waals surface area contributed by atoms with Crippen LogP contribution in [0.4, 0.5) is 5.82 Å². The van der Waals surface area contributed by atoms with E-state index in [2.05, 4.69) is 49.3 Å². The zero-order chi connectivity index (χ0) is 28.2. The molecule has 2 aromatic carbocycles. The van der Waals surface area contributed by atoms with Gasteiger partial charge in [0, 0.05) is 19.4 Å². The van der Waals surface area contributed by atoms with Gasteiger partial charge >= 0.3 is 5.97 Å². The van der Waals surface area contributed by atoms with Gasteiger partial charge in [0.25, 0.3) is 5.91 Å². The van der Waals surface area contributed by atoms with E-state index in [1.165, 1.54) is 6.92 Å². The molecular weight excluding hydrogens is 536 g/mol. The Balaban J connectivity index is 1.37. The summed E-state index contributed by atoms with van der Waals surface area (Å²) in [7, 11) is 0. The van der Waals surface area contributed by atoms with Crippen molar-refractivity contribution in [2.24, 2.45) is 0 Å². The number of anilines is 1. The smallest absolute Gasteiger partial charge is 0.303 e. The molecule has 5 rings (SSSR count). The van der Waals surface area contributed by atoms with Crippen molar-refractivity contribution in [2.75, 3.05) is 18.5 Å². The first-order valence-electron chi connectivity index (χ1n) is 12.9. The molecule has 0 radical (unpaired) electrons. The third kappa shape index (κ3) is 5.91. The molecule has 1 aliphatic rings. The number of nitrogens with one attached hydrogen (secondary N) is 1.